The average Bonchev–Trinajstić information content (AvgIpc) is 3.13. The molecule has 1 aromatic heterocycles. The van der Waals surface area contributed by atoms with Crippen LogP contribution in [0.25, 0.3) is 16.9 Å². The standard InChI is InChI=1S/C19H18ClN4O4S/c1-3-19(25)24(2,26)18-12-16(13-8-10-14(20)11-9-13)23(22-18)15-6-4-5-7-17(15)29(21,27)28/h3-12,26H,1H2,2H3,(H2,21,27,28)/q+1. The van der Waals surface area contributed by atoms with Gasteiger partial charge in [0.2, 0.25) is 10.0 Å². The molecule has 0 fully saturated rings. The number of benzene rings is 2. The Labute approximate surface area is 172 Å². The normalized spacial score (nSPS) is 13.7. The Morgan fingerprint density at radius 3 is 2.45 bits per heavy atom. The highest BCUT2D eigenvalue weighted by molar-refractivity contribution is 7.89. The molecule has 0 aliphatic heterocycles. The highest BCUT2D eigenvalue weighted by Gasteiger charge is 2.36. The largest absolute Gasteiger partial charge is 0.376 e. The molecule has 3 rings (SSSR count). The molecule has 8 nitrogen and oxygen atoms in total. The lowest BCUT2D eigenvalue weighted by atomic mass is 10.1. The summed E-state index contributed by atoms with van der Waals surface area (Å²) in [5, 5.41) is 20.8. The summed E-state index contributed by atoms with van der Waals surface area (Å²) in [4.78, 5) is 12.0. The van der Waals surface area contributed by atoms with Gasteiger partial charge in [-0.1, -0.05) is 47.1 Å². The summed E-state index contributed by atoms with van der Waals surface area (Å²) in [6, 6.07) is 14.2. The van der Waals surface area contributed by atoms with Crippen molar-refractivity contribution >= 4 is 33.3 Å². The number of primary sulfonamides is 1. The van der Waals surface area contributed by atoms with E-state index in [1.54, 1.807) is 30.3 Å². The van der Waals surface area contributed by atoms with Crippen molar-refractivity contribution in [2.75, 3.05) is 7.05 Å². The summed E-state index contributed by atoms with van der Waals surface area (Å²) in [6.45, 7) is 3.38. The molecule has 0 saturated heterocycles. The molecule has 0 aliphatic rings. The lowest BCUT2D eigenvalue weighted by molar-refractivity contribution is -0.151. The fourth-order valence-corrected chi connectivity index (χ4v) is 3.59. The van der Waals surface area contributed by atoms with Crippen molar-refractivity contribution in [1.29, 1.82) is 0 Å². The number of nitrogens with zero attached hydrogens (tertiary/aromatic N) is 3. The summed E-state index contributed by atoms with van der Waals surface area (Å²) in [5.74, 6) is -0.749. The molecule has 0 saturated carbocycles. The zero-order valence-corrected chi connectivity index (χ0v) is 16.9. The zero-order valence-electron chi connectivity index (χ0n) is 15.4. The zero-order chi connectivity index (χ0) is 21.4. The van der Waals surface area contributed by atoms with E-state index in [4.69, 9.17) is 16.7 Å². The van der Waals surface area contributed by atoms with Crippen LogP contribution in [0.4, 0.5) is 5.82 Å². The number of hydrogen-bond donors (Lipinski definition) is 2. The van der Waals surface area contributed by atoms with Gasteiger partial charge in [-0.25, -0.2) is 28.2 Å². The van der Waals surface area contributed by atoms with Crippen LogP contribution in [-0.4, -0.2) is 36.4 Å². The van der Waals surface area contributed by atoms with Gasteiger partial charge in [0.05, 0.1) is 17.4 Å². The Hall–Kier alpha value is -2.82. The van der Waals surface area contributed by atoms with Crippen LogP contribution in [0.2, 0.25) is 5.02 Å². The first-order valence-electron chi connectivity index (χ1n) is 8.30. The first kappa shape index (κ1) is 20.9. The summed E-state index contributed by atoms with van der Waals surface area (Å²) in [7, 11) is -2.84. The fraction of sp³-hybridized carbons (Fsp3) is 0.0526. The first-order chi connectivity index (χ1) is 13.6. The van der Waals surface area contributed by atoms with Gasteiger partial charge in [0.25, 0.3) is 5.82 Å². The number of hydrogen-bond acceptors (Lipinski definition) is 5. The molecule has 1 atom stereocenters. The molecule has 1 amide bonds. The number of amides is 1. The molecule has 1 heterocycles. The Kier molecular flexibility index (Phi) is 5.44. The van der Waals surface area contributed by atoms with E-state index in [1.807, 2.05) is 0 Å². The van der Waals surface area contributed by atoms with E-state index >= 15 is 0 Å². The van der Waals surface area contributed by atoms with Crippen molar-refractivity contribution in [2.45, 2.75) is 4.90 Å². The summed E-state index contributed by atoms with van der Waals surface area (Å²) in [5.41, 5.74) is 1.21. The van der Waals surface area contributed by atoms with E-state index in [-0.39, 0.29) is 16.4 Å². The van der Waals surface area contributed by atoms with Crippen molar-refractivity contribution in [2.24, 2.45) is 5.14 Å². The molecule has 2 aromatic carbocycles. The predicted octanol–water partition coefficient (Wildman–Crippen LogP) is 2.88. The van der Waals surface area contributed by atoms with Crippen LogP contribution >= 0.6 is 11.6 Å². The van der Waals surface area contributed by atoms with Gasteiger partial charge in [-0.2, -0.15) is 0 Å². The number of halogens is 1. The number of carbonyl (C=O) groups excluding carboxylic acids is 1. The molecule has 0 radical (unpaired) electrons. The third kappa shape index (κ3) is 4.00. The van der Waals surface area contributed by atoms with Gasteiger partial charge < -0.3 is 0 Å². The van der Waals surface area contributed by atoms with Crippen LogP contribution in [0.1, 0.15) is 0 Å². The van der Waals surface area contributed by atoms with Gasteiger partial charge in [-0.3, -0.25) is 0 Å². The topological polar surface area (TPSA) is 115 Å². The summed E-state index contributed by atoms with van der Waals surface area (Å²) < 4.78 is 24.3. The van der Waals surface area contributed by atoms with E-state index in [2.05, 4.69) is 11.7 Å². The third-order valence-electron chi connectivity index (χ3n) is 4.29. The highest BCUT2D eigenvalue weighted by Crippen LogP contribution is 2.32. The minimum absolute atomic E-state index is 0.0379. The maximum absolute atomic E-state index is 12.1. The first-order valence-corrected chi connectivity index (χ1v) is 10.2. The molecular formula is C19H18ClN4O4S+. The van der Waals surface area contributed by atoms with Crippen molar-refractivity contribution in [1.82, 2.24) is 14.4 Å². The van der Waals surface area contributed by atoms with E-state index < -0.39 is 20.6 Å². The van der Waals surface area contributed by atoms with E-state index in [1.165, 1.54) is 36.0 Å². The molecule has 0 spiro atoms. The van der Waals surface area contributed by atoms with Gasteiger partial charge in [0.15, 0.2) is 0 Å². The number of quaternary nitrogens is 1. The van der Waals surface area contributed by atoms with Crippen molar-refractivity contribution in [3.05, 3.63) is 72.3 Å². The number of hydroxylamine groups is 2. The van der Waals surface area contributed by atoms with Crippen LogP contribution in [0.5, 0.6) is 0 Å². The number of sulfonamides is 1. The third-order valence-corrected chi connectivity index (χ3v) is 5.50. The molecule has 10 heteroatoms. The smallest absolute Gasteiger partial charge is 0.226 e. The number of carbonyl (C=O) groups is 1. The number of nitrogens with two attached hydrogens (primary N) is 1. The lowest BCUT2D eigenvalue weighted by Gasteiger charge is -2.17. The van der Waals surface area contributed by atoms with Crippen LogP contribution in [-0.2, 0) is 14.8 Å². The Morgan fingerprint density at radius 2 is 1.86 bits per heavy atom. The van der Waals surface area contributed by atoms with Crippen LogP contribution in [0, 0.1) is 0 Å². The number of likely N-dealkylation sites (N-methyl/N-ethyl adjacent to an activating group) is 1. The molecule has 1 unspecified atom stereocenters. The van der Waals surface area contributed by atoms with Gasteiger partial charge in [0, 0.05) is 16.7 Å². The number of para-hydroxylation sites is 1. The van der Waals surface area contributed by atoms with E-state index in [0.717, 1.165) is 6.08 Å². The van der Waals surface area contributed by atoms with Crippen molar-refractivity contribution < 1.29 is 18.4 Å². The molecule has 0 bridgehead atoms. The SMILES string of the molecule is C=CC(=O)[N+](C)(O)c1cc(-c2ccc(Cl)cc2)n(-c2ccccc2S(N)(=O)=O)n1. The van der Waals surface area contributed by atoms with Gasteiger partial charge >= 0.3 is 5.91 Å². The Bertz CT molecular complexity index is 1200. The second kappa shape index (κ2) is 7.54. The van der Waals surface area contributed by atoms with Crippen molar-refractivity contribution in [3.8, 4) is 16.9 Å². The van der Waals surface area contributed by atoms with Crippen LogP contribution < -0.4 is 9.79 Å². The van der Waals surface area contributed by atoms with Crippen LogP contribution in [0.15, 0.2) is 72.1 Å². The monoisotopic (exact) mass is 433 g/mol. The predicted molar refractivity (Wildman–Crippen MR) is 110 cm³/mol. The van der Waals surface area contributed by atoms with Gasteiger partial charge in [0.1, 0.15) is 11.9 Å². The van der Waals surface area contributed by atoms with Gasteiger partial charge in [-0.05, 0) is 24.3 Å². The second-order valence-corrected chi connectivity index (χ2v) is 8.29. The number of rotatable bonds is 5. The second-order valence-electron chi connectivity index (χ2n) is 6.32. The van der Waals surface area contributed by atoms with E-state index in [9.17, 15) is 18.4 Å². The van der Waals surface area contributed by atoms with Gasteiger partial charge in [-0.15, -0.1) is 5.10 Å². The number of aromatic nitrogens is 2. The molecule has 0 aliphatic carbocycles. The van der Waals surface area contributed by atoms with Crippen LogP contribution in [0.3, 0.4) is 0 Å². The molecular weight excluding hydrogens is 416 g/mol. The summed E-state index contributed by atoms with van der Waals surface area (Å²) >= 11 is 5.96. The van der Waals surface area contributed by atoms with E-state index in [0.29, 0.717) is 16.3 Å². The molecule has 150 valence electrons. The summed E-state index contributed by atoms with van der Waals surface area (Å²) in [6.07, 6.45) is 0.972. The quantitative estimate of drug-likeness (QED) is 0.278. The fourth-order valence-electron chi connectivity index (χ4n) is 2.75. The maximum Gasteiger partial charge on any atom is 0.376 e. The molecule has 3 N–H and O–H groups in total. The van der Waals surface area contributed by atoms with Crippen molar-refractivity contribution in [3.63, 3.8) is 0 Å². The molecule has 3 aromatic rings. The lowest BCUT2D eigenvalue weighted by Crippen LogP contribution is -2.46. The average molecular weight is 434 g/mol. The Morgan fingerprint density at radius 1 is 1.24 bits per heavy atom. The maximum atomic E-state index is 12.1. The minimum atomic E-state index is -4.07. The Balaban J connectivity index is 2.33. The minimum Gasteiger partial charge on any atom is -0.226 e. The molecule has 29 heavy (non-hydrogen) atoms. The highest BCUT2D eigenvalue weighted by atomic mass is 35.5.